The van der Waals surface area contributed by atoms with Gasteiger partial charge in [0, 0.05) is 29.5 Å². The van der Waals surface area contributed by atoms with Crippen LogP contribution in [0.15, 0.2) is 23.2 Å². The fraction of sp³-hybridized carbons (Fsp3) is 0.579. The standard InChI is InChI=1S/C19H25ClN2O3S/c1-19(2)12-22(11-14-6-4-5-9-25-14)18(26-19)21-17(23)15-10-13(20)7-8-16(15)24-3/h7-8,10,14H,4-6,9,11-12H2,1-3H3/b21-18-. The van der Waals surface area contributed by atoms with Gasteiger partial charge in [-0.05, 0) is 51.3 Å². The van der Waals surface area contributed by atoms with E-state index in [1.54, 1.807) is 30.0 Å². The second kappa shape index (κ2) is 8.19. The molecular weight excluding hydrogens is 372 g/mol. The third-order valence-corrected chi connectivity index (χ3v) is 5.95. The maximum absolute atomic E-state index is 12.8. The van der Waals surface area contributed by atoms with Crippen molar-refractivity contribution in [2.75, 3.05) is 26.8 Å². The number of rotatable bonds is 4. The molecule has 2 aliphatic heterocycles. The maximum Gasteiger partial charge on any atom is 0.283 e. The molecule has 0 aromatic heterocycles. The number of amidine groups is 1. The van der Waals surface area contributed by atoms with Crippen molar-refractivity contribution < 1.29 is 14.3 Å². The van der Waals surface area contributed by atoms with E-state index < -0.39 is 0 Å². The summed E-state index contributed by atoms with van der Waals surface area (Å²) in [6.45, 7) is 6.77. The third-order valence-electron chi connectivity index (χ3n) is 4.50. The van der Waals surface area contributed by atoms with Crippen LogP contribution >= 0.6 is 23.4 Å². The van der Waals surface area contributed by atoms with Crippen LogP contribution in [0.3, 0.4) is 0 Å². The van der Waals surface area contributed by atoms with Gasteiger partial charge < -0.3 is 14.4 Å². The molecule has 1 aromatic carbocycles. The zero-order valence-corrected chi connectivity index (χ0v) is 17.0. The van der Waals surface area contributed by atoms with Crippen LogP contribution in [0.1, 0.15) is 43.5 Å². The number of methoxy groups -OCH3 is 1. The first-order valence-electron chi connectivity index (χ1n) is 8.90. The Morgan fingerprint density at radius 2 is 2.27 bits per heavy atom. The van der Waals surface area contributed by atoms with E-state index in [2.05, 4.69) is 23.7 Å². The maximum atomic E-state index is 12.8. The lowest BCUT2D eigenvalue weighted by molar-refractivity contribution is 0.00486. The predicted molar refractivity (Wildman–Crippen MR) is 107 cm³/mol. The van der Waals surface area contributed by atoms with Crippen molar-refractivity contribution in [2.24, 2.45) is 4.99 Å². The van der Waals surface area contributed by atoms with Gasteiger partial charge in [-0.3, -0.25) is 4.79 Å². The van der Waals surface area contributed by atoms with E-state index in [4.69, 9.17) is 21.1 Å². The Labute approximate surface area is 164 Å². The molecule has 26 heavy (non-hydrogen) atoms. The molecule has 0 radical (unpaired) electrons. The van der Waals surface area contributed by atoms with Crippen molar-refractivity contribution in [1.29, 1.82) is 0 Å². The normalized spacial score (nSPS) is 24.1. The van der Waals surface area contributed by atoms with Crippen LogP contribution in [-0.2, 0) is 4.74 Å². The van der Waals surface area contributed by atoms with E-state index in [0.717, 1.165) is 37.7 Å². The van der Waals surface area contributed by atoms with Gasteiger partial charge in [0.15, 0.2) is 5.17 Å². The van der Waals surface area contributed by atoms with E-state index in [-0.39, 0.29) is 16.8 Å². The molecule has 0 saturated carbocycles. The van der Waals surface area contributed by atoms with E-state index in [1.165, 1.54) is 13.5 Å². The summed E-state index contributed by atoms with van der Waals surface area (Å²) in [6, 6.07) is 4.99. The average molecular weight is 397 g/mol. The summed E-state index contributed by atoms with van der Waals surface area (Å²) in [5.41, 5.74) is 0.381. The van der Waals surface area contributed by atoms with Crippen LogP contribution in [-0.4, -0.2) is 53.6 Å². The molecule has 1 unspecified atom stereocenters. The van der Waals surface area contributed by atoms with Gasteiger partial charge in [0.2, 0.25) is 0 Å². The summed E-state index contributed by atoms with van der Waals surface area (Å²) >= 11 is 7.68. The SMILES string of the molecule is COc1ccc(Cl)cc1C(=O)/N=C1\SC(C)(C)CN1CC1CCCCO1. The van der Waals surface area contributed by atoms with Gasteiger partial charge in [0.1, 0.15) is 5.75 Å². The number of halogens is 1. The average Bonchev–Trinajstić information content (AvgIpc) is 2.89. The Morgan fingerprint density at radius 1 is 1.46 bits per heavy atom. The van der Waals surface area contributed by atoms with Gasteiger partial charge in [0.25, 0.3) is 5.91 Å². The first-order valence-corrected chi connectivity index (χ1v) is 10.1. The Balaban J connectivity index is 1.82. The van der Waals surface area contributed by atoms with E-state index in [0.29, 0.717) is 16.3 Å². The molecular formula is C19H25ClN2O3S. The highest BCUT2D eigenvalue weighted by atomic mass is 35.5. The Morgan fingerprint density at radius 3 is 2.96 bits per heavy atom. The van der Waals surface area contributed by atoms with Crippen LogP contribution in [0.25, 0.3) is 0 Å². The molecule has 1 atom stereocenters. The monoisotopic (exact) mass is 396 g/mol. The van der Waals surface area contributed by atoms with Crippen molar-refractivity contribution >= 4 is 34.4 Å². The van der Waals surface area contributed by atoms with Crippen molar-refractivity contribution in [3.8, 4) is 5.75 Å². The zero-order valence-electron chi connectivity index (χ0n) is 15.5. The molecule has 0 aliphatic carbocycles. The largest absolute Gasteiger partial charge is 0.496 e. The molecule has 2 heterocycles. The molecule has 0 bridgehead atoms. The molecule has 7 heteroatoms. The van der Waals surface area contributed by atoms with Crippen LogP contribution < -0.4 is 4.74 Å². The van der Waals surface area contributed by atoms with Crippen LogP contribution in [0.5, 0.6) is 5.75 Å². The number of hydrogen-bond acceptors (Lipinski definition) is 4. The van der Waals surface area contributed by atoms with E-state index >= 15 is 0 Å². The number of carbonyl (C=O) groups excluding carboxylic acids is 1. The summed E-state index contributed by atoms with van der Waals surface area (Å²) in [7, 11) is 1.54. The van der Waals surface area contributed by atoms with Gasteiger partial charge in [0.05, 0.1) is 18.8 Å². The van der Waals surface area contributed by atoms with Gasteiger partial charge >= 0.3 is 0 Å². The molecule has 142 valence electrons. The van der Waals surface area contributed by atoms with Crippen LogP contribution in [0, 0.1) is 0 Å². The molecule has 2 fully saturated rings. The number of amides is 1. The lowest BCUT2D eigenvalue weighted by Crippen LogP contribution is -2.38. The highest BCUT2D eigenvalue weighted by molar-refractivity contribution is 8.15. The molecule has 0 spiro atoms. The second-order valence-corrected chi connectivity index (χ2v) is 9.39. The van der Waals surface area contributed by atoms with Gasteiger partial charge in [-0.25, -0.2) is 0 Å². The Hall–Kier alpha value is -1.24. The smallest absolute Gasteiger partial charge is 0.283 e. The number of ether oxygens (including phenoxy) is 2. The summed E-state index contributed by atoms with van der Waals surface area (Å²) < 4.78 is 11.2. The molecule has 1 aromatic rings. The topological polar surface area (TPSA) is 51.1 Å². The van der Waals surface area contributed by atoms with Gasteiger partial charge in [-0.1, -0.05) is 23.4 Å². The summed E-state index contributed by atoms with van der Waals surface area (Å²) in [6.07, 6.45) is 3.59. The summed E-state index contributed by atoms with van der Waals surface area (Å²) in [5, 5.41) is 1.23. The Kier molecular flexibility index (Phi) is 6.15. The minimum Gasteiger partial charge on any atom is -0.496 e. The summed E-state index contributed by atoms with van der Waals surface area (Å²) in [5.74, 6) is 0.146. The number of thioether (sulfide) groups is 1. The van der Waals surface area contributed by atoms with Crippen LogP contribution in [0.2, 0.25) is 5.02 Å². The zero-order chi connectivity index (χ0) is 18.7. The lowest BCUT2D eigenvalue weighted by Gasteiger charge is -2.28. The van der Waals surface area contributed by atoms with Crippen molar-refractivity contribution in [3.05, 3.63) is 28.8 Å². The fourth-order valence-electron chi connectivity index (χ4n) is 3.30. The number of aliphatic imine (C=N–C) groups is 1. The number of carbonyl (C=O) groups is 1. The van der Waals surface area contributed by atoms with Crippen LogP contribution in [0.4, 0.5) is 0 Å². The van der Waals surface area contributed by atoms with Crippen molar-refractivity contribution in [3.63, 3.8) is 0 Å². The van der Waals surface area contributed by atoms with Crippen molar-refractivity contribution in [1.82, 2.24) is 4.90 Å². The number of hydrogen-bond donors (Lipinski definition) is 0. The number of nitrogens with zero attached hydrogens (tertiary/aromatic N) is 2. The van der Waals surface area contributed by atoms with E-state index in [9.17, 15) is 4.79 Å². The minimum absolute atomic E-state index is 0.00615. The third kappa shape index (κ3) is 4.72. The molecule has 2 saturated heterocycles. The summed E-state index contributed by atoms with van der Waals surface area (Å²) in [4.78, 5) is 19.4. The van der Waals surface area contributed by atoms with Gasteiger partial charge in [-0.15, -0.1) is 0 Å². The molecule has 5 nitrogen and oxygen atoms in total. The van der Waals surface area contributed by atoms with Gasteiger partial charge in [-0.2, -0.15) is 4.99 Å². The second-order valence-electron chi connectivity index (χ2n) is 7.27. The predicted octanol–water partition coefficient (Wildman–Crippen LogP) is 4.24. The molecule has 2 aliphatic rings. The minimum atomic E-state index is -0.334. The Bertz CT molecular complexity index is 702. The highest BCUT2D eigenvalue weighted by Gasteiger charge is 2.37. The number of benzene rings is 1. The van der Waals surface area contributed by atoms with Crippen molar-refractivity contribution in [2.45, 2.75) is 44.0 Å². The first-order chi connectivity index (χ1) is 12.4. The molecule has 1 amide bonds. The van der Waals surface area contributed by atoms with E-state index in [1.807, 2.05) is 0 Å². The molecule has 3 rings (SSSR count). The molecule has 0 N–H and O–H groups in total. The highest BCUT2D eigenvalue weighted by Crippen LogP contribution is 2.36. The fourth-order valence-corrected chi connectivity index (χ4v) is 4.58. The first kappa shape index (κ1) is 19.5. The quantitative estimate of drug-likeness (QED) is 0.761. The lowest BCUT2D eigenvalue weighted by atomic mass is 10.1.